The highest BCUT2D eigenvalue weighted by molar-refractivity contribution is 5.82. The van der Waals surface area contributed by atoms with Crippen LogP contribution in [0.3, 0.4) is 0 Å². The van der Waals surface area contributed by atoms with E-state index in [4.69, 9.17) is 9.15 Å². The molecule has 80 valence electrons. The molecule has 1 aromatic carbocycles. The maximum absolute atomic E-state index is 5.53. The molecule has 0 aliphatic carbocycles. The van der Waals surface area contributed by atoms with Crippen LogP contribution in [-0.2, 0) is 0 Å². The lowest BCUT2D eigenvalue weighted by atomic mass is 9.98. The molecule has 0 N–H and O–H groups in total. The second-order valence-corrected chi connectivity index (χ2v) is 3.86. The van der Waals surface area contributed by atoms with Crippen molar-refractivity contribution in [1.29, 1.82) is 0 Å². The Kier molecular flexibility index (Phi) is 2.67. The van der Waals surface area contributed by atoms with Crippen molar-refractivity contribution < 1.29 is 9.15 Å². The van der Waals surface area contributed by atoms with Gasteiger partial charge in [-0.1, -0.05) is 13.8 Å². The van der Waals surface area contributed by atoms with Crippen molar-refractivity contribution in [2.75, 3.05) is 7.11 Å². The lowest BCUT2D eigenvalue weighted by Gasteiger charge is -2.05. The Labute approximate surface area is 89.8 Å². The van der Waals surface area contributed by atoms with Gasteiger partial charge in [0.05, 0.1) is 13.4 Å². The maximum Gasteiger partial charge on any atom is 0.137 e. The molecule has 0 bridgehead atoms. The highest BCUT2D eigenvalue weighted by atomic mass is 16.5. The lowest BCUT2D eigenvalue weighted by Crippen LogP contribution is -1.88. The van der Waals surface area contributed by atoms with E-state index in [-0.39, 0.29) is 0 Å². The lowest BCUT2D eigenvalue weighted by molar-refractivity contribution is 0.414. The fourth-order valence-corrected chi connectivity index (χ4v) is 1.76. The van der Waals surface area contributed by atoms with E-state index in [1.165, 1.54) is 10.9 Å². The number of fused-ring (bicyclic) bond motifs is 1. The minimum atomic E-state index is 0.541. The van der Waals surface area contributed by atoms with Gasteiger partial charge in [0.25, 0.3) is 0 Å². The van der Waals surface area contributed by atoms with Crippen molar-refractivity contribution in [2.24, 2.45) is 0 Å². The average molecular weight is 204 g/mol. The Morgan fingerprint density at radius 2 is 2.20 bits per heavy atom. The third-order valence-electron chi connectivity index (χ3n) is 2.96. The summed E-state index contributed by atoms with van der Waals surface area (Å²) in [6.07, 6.45) is 2.99. The third kappa shape index (κ3) is 1.72. The number of hydrogen-bond acceptors (Lipinski definition) is 2. The van der Waals surface area contributed by atoms with E-state index in [1.807, 2.05) is 18.4 Å². The van der Waals surface area contributed by atoms with Crippen molar-refractivity contribution in [1.82, 2.24) is 0 Å². The molecule has 0 radical (unpaired) electrons. The maximum atomic E-state index is 5.53. The number of ether oxygens (including phenoxy) is 1. The monoisotopic (exact) mass is 204 g/mol. The zero-order valence-electron chi connectivity index (χ0n) is 9.41. The molecule has 1 unspecified atom stereocenters. The first-order valence-corrected chi connectivity index (χ1v) is 5.31. The summed E-state index contributed by atoms with van der Waals surface area (Å²) in [5, 5.41) is 1.20. The SMILES string of the molecule is CCC(C)c1coc2cc(OC)ccc12. The van der Waals surface area contributed by atoms with Gasteiger partial charge in [0, 0.05) is 17.0 Å². The van der Waals surface area contributed by atoms with Gasteiger partial charge in [-0.15, -0.1) is 0 Å². The molecule has 2 heteroatoms. The fourth-order valence-electron chi connectivity index (χ4n) is 1.76. The molecule has 1 heterocycles. The van der Waals surface area contributed by atoms with Gasteiger partial charge >= 0.3 is 0 Å². The Morgan fingerprint density at radius 3 is 2.87 bits per heavy atom. The largest absolute Gasteiger partial charge is 0.497 e. The highest BCUT2D eigenvalue weighted by Gasteiger charge is 2.11. The van der Waals surface area contributed by atoms with E-state index in [9.17, 15) is 0 Å². The van der Waals surface area contributed by atoms with E-state index >= 15 is 0 Å². The second-order valence-electron chi connectivity index (χ2n) is 3.86. The summed E-state index contributed by atoms with van der Waals surface area (Å²) in [7, 11) is 1.67. The molecule has 0 aliphatic heterocycles. The number of hydrogen-bond donors (Lipinski definition) is 0. The molecular weight excluding hydrogens is 188 g/mol. The van der Waals surface area contributed by atoms with Crippen LogP contribution in [0.25, 0.3) is 11.0 Å². The van der Waals surface area contributed by atoms with E-state index in [1.54, 1.807) is 7.11 Å². The van der Waals surface area contributed by atoms with E-state index in [0.29, 0.717) is 5.92 Å². The summed E-state index contributed by atoms with van der Waals surface area (Å²) < 4.78 is 10.7. The molecule has 0 fully saturated rings. The van der Waals surface area contributed by atoms with E-state index in [2.05, 4.69) is 19.9 Å². The van der Waals surface area contributed by atoms with Gasteiger partial charge in [0.1, 0.15) is 11.3 Å². The Bertz CT molecular complexity index is 457. The molecule has 0 saturated heterocycles. The first kappa shape index (κ1) is 10.1. The number of furan rings is 1. The first-order chi connectivity index (χ1) is 7.26. The topological polar surface area (TPSA) is 22.4 Å². The average Bonchev–Trinajstić information content (AvgIpc) is 2.70. The second kappa shape index (κ2) is 3.97. The standard InChI is InChI=1S/C13H16O2/c1-4-9(2)12-8-15-13-7-10(14-3)5-6-11(12)13/h5-9H,4H2,1-3H3. The Balaban J connectivity index is 2.52. The molecule has 2 nitrogen and oxygen atoms in total. The van der Waals surface area contributed by atoms with Crippen LogP contribution in [0.1, 0.15) is 31.7 Å². The smallest absolute Gasteiger partial charge is 0.137 e. The van der Waals surface area contributed by atoms with Gasteiger partial charge in [-0.2, -0.15) is 0 Å². The summed E-state index contributed by atoms with van der Waals surface area (Å²) >= 11 is 0. The molecule has 1 atom stereocenters. The van der Waals surface area contributed by atoms with Crippen LogP contribution < -0.4 is 4.74 Å². The van der Waals surface area contributed by atoms with Crippen molar-refractivity contribution in [3.05, 3.63) is 30.0 Å². The van der Waals surface area contributed by atoms with Crippen LogP contribution in [0.4, 0.5) is 0 Å². The van der Waals surface area contributed by atoms with Crippen LogP contribution in [0, 0.1) is 0 Å². The quantitative estimate of drug-likeness (QED) is 0.755. The van der Waals surface area contributed by atoms with Crippen molar-refractivity contribution in [3.63, 3.8) is 0 Å². The van der Waals surface area contributed by atoms with Crippen LogP contribution in [-0.4, -0.2) is 7.11 Å². The summed E-state index contributed by atoms with van der Waals surface area (Å²) in [4.78, 5) is 0. The van der Waals surface area contributed by atoms with Gasteiger partial charge < -0.3 is 9.15 Å². The van der Waals surface area contributed by atoms with Crippen LogP contribution in [0.2, 0.25) is 0 Å². The minimum Gasteiger partial charge on any atom is -0.497 e. The van der Waals surface area contributed by atoms with Gasteiger partial charge in [-0.25, -0.2) is 0 Å². The molecule has 2 rings (SSSR count). The van der Waals surface area contributed by atoms with Crippen molar-refractivity contribution >= 4 is 11.0 Å². The normalized spacial score (nSPS) is 13.0. The summed E-state index contributed by atoms with van der Waals surface area (Å²) in [6, 6.07) is 5.98. The Morgan fingerprint density at radius 1 is 1.40 bits per heavy atom. The van der Waals surface area contributed by atoms with Crippen LogP contribution in [0.5, 0.6) is 5.75 Å². The number of methoxy groups -OCH3 is 1. The van der Waals surface area contributed by atoms with Gasteiger partial charge in [0.15, 0.2) is 0 Å². The van der Waals surface area contributed by atoms with Gasteiger partial charge in [-0.3, -0.25) is 0 Å². The molecule has 0 spiro atoms. The predicted octanol–water partition coefficient (Wildman–Crippen LogP) is 3.95. The number of rotatable bonds is 3. The van der Waals surface area contributed by atoms with Crippen LogP contribution in [0.15, 0.2) is 28.9 Å². The summed E-state index contributed by atoms with van der Waals surface area (Å²) in [5.41, 5.74) is 2.19. The molecular formula is C13H16O2. The van der Waals surface area contributed by atoms with Crippen LogP contribution >= 0.6 is 0 Å². The zero-order chi connectivity index (χ0) is 10.8. The van der Waals surface area contributed by atoms with E-state index in [0.717, 1.165) is 17.8 Å². The molecule has 0 amide bonds. The van der Waals surface area contributed by atoms with Crippen molar-refractivity contribution in [2.45, 2.75) is 26.2 Å². The molecule has 15 heavy (non-hydrogen) atoms. The molecule has 1 aromatic heterocycles. The zero-order valence-corrected chi connectivity index (χ0v) is 9.41. The van der Waals surface area contributed by atoms with Gasteiger partial charge in [0.2, 0.25) is 0 Å². The predicted molar refractivity (Wildman–Crippen MR) is 61.5 cm³/mol. The molecule has 0 aliphatic rings. The Hall–Kier alpha value is -1.44. The summed E-state index contributed by atoms with van der Waals surface area (Å²) in [6.45, 7) is 4.40. The highest BCUT2D eigenvalue weighted by Crippen LogP contribution is 2.31. The summed E-state index contributed by atoms with van der Waals surface area (Å²) in [5.74, 6) is 1.38. The third-order valence-corrected chi connectivity index (χ3v) is 2.96. The fraction of sp³-hybridized carbons (Fsp3) is 0.385. The number of benzene rings is 1. The van der Waals surface area contributed by atoms with Gasteiger partial charge in [-0.05, 0) is 24.5 Å². The first-order valence-electron chi connectivity index (χ1n) is 5.31. The van der Waals surface area contributed by atoms with Crippen molar-refractivity contribution in [3.8, 4) is 5.75 Å². The van der Waals surface area contributed by atoms with E-state index < -0.39 is 0 Å². The molecule has 0 saturated carbocycles. The molecule has 2 aromatic rings. The minimum absolute atomic E-state index is 0.541.